The molecule has 166 valence electrons. The summed E-state index contributed by atoms with van der Waals surface area (Å²) < 4.78 is 37.1. The fraction of sp³-hybridized carbons (Fsp3) is 0.471. The van der Waals surface area contributed by atoms with Crippen LogP contribution in [-0.4, -0.2) is 69.6 Å². The molecule has 1 atom stereocenters. The Morgan fingerprint density at radius 1 is 1.20 bits per heavy atom. The van der Waals surface area contributed by atoms with Crippen LogP contribution in [-0.2, 0) is 24.3 Å². The average Bonchev–Trinajstić information content (AvgIpc) is 2.68. The third-order valence-corrected chi connectivity index (χ3v) is 6.73. The number of carbonyl (C=O) groups is 3. The van der Waals surface area contributed by atoms with Crippen molar-refractivity contribution in [3.05, 3.63) is 27.7 Å². The Morgan fingerprint density at radius 3 is 2.43 bits per heavy atom. The van der Waals surface area contributed by atoms with Crippen LogP contribution < -0.4 is 10.6 Å². The molecule has 2 N–H and O–H groups in total. The Hall–Kier alpha value is -1.92. The van der Waals surface area contributed by atoms with Crippen LogP contribution in [0.4, 0.5) is 4.79 Å². The minimum Gasteiger partial charge on any atom is -0.449 e. The summed E-state index contributed by atoms with van der Waals surface area (Å²) in [4.78, 5) is 35.5. The molecule has 30 heavy (non-hydrogen) atoms. The third kappa shape index (κ3) is 5.82. The van der Waals surface area contributed by atoms with Gasteiger partial charge in [-0.05, 0) is 26.0 Å². The molecule has 1 saturated heterocycles. The van der Waals surface area contributed by atoms with Gasteiger partial charge in [0.2, 0.25) is 10.0 Å². The van der Waals surface area contributed by atoms with Crippen molar-refractivity contribution in [2.24, 2.45) is 0 Å². The van der Waals surface area contributed by atoms with E-state index in [4.69, 9.17) is 32.7 Å². The lowest BCUT2D eigenvalue weighted by atomic mass is 10.2. The van der Waals surface area contributed by atoms with E-state index in [2.05, 4.69) is 5.32 Å². The first-order valence-electron chi connectivity index (χ1n) is 8.94. The number of nitrogens with one attached hydrogen (secondary N) is 2. The third-order valence-electron chi connectivity index (χ3n) is 4.06. The lowest BCUT2D eigenvalue weighted by Crippen LogP contribution is -2.44. The summed E-state index contributed by atoms with van der Waals surface area (Å²) in [6.45, 7) is 3.96. The lowest BCUT2D eigenvalue weighted by molar-refractivity contribution is -0.127. The molecule has 1 aromatic rings. The molecule has 0 spiro atoms. The molecule has 10 nitrogen and oxygen atoms in total. The second-order valence-electron chi connectivity index (χ2n) is 6.18. The highest BCUT2D eigenvalue weighted by molar-refractivity contribution is 7.89. The van der Waals surface area contributed by atoms with E-state index >= 15 is 0 Å². The van der Waals surface area contributed by atoms with Crippen LogP contribution in [0.15, 0.2) is 17.0 Å². The maximum atomic E-state index is 12.9. The van der Waals surface area contributed by atoms with E-state index in [0.717, 1.165) is 12.1 Å². The van der Waals surface area contributed by atoms with Gasteiger partial charge < -0.3 is 14.8 Å². The topological polar surface area (TPSA) is 131 Å². The van der Waals surface area contributed by atoms with Crippen molar-refractivity contribution < 1.29 is 32.3 Å². The molecule has 1 unspecified atom stereocenters. The molecule has 3 amide bonds. The minimum absolute atomic E-state index is 0.137. The van der Waals surface area contributed by atoms with Gasteiger partial charge in [0, 0.05) is 19.6 Å². The molecular formula is C17H21Cl2N3O7S. The van der Waals surface area contributed by atoms with E-state index in [0.29, 0.717) is 6.54 Å². The van der Waals surface area contributed by atoms with Gasteiger partial charge >= 0.3 is 12.0 Å². The summed E-state index contributed by atoms with van der Waals surface area (Å²) in [5.41, 5.74) is -0.287. The van der Waals surface area contributed by atoms with Crippen LogP contribution in [0.5, 0.6) is 0 Å². The first-order valence-corrected chi connectivity index (χ1v) is 11.1. The molecule has 1 fully saturated rings. The number of carbonyl (C=O) groups excluding carboxylic acids is 3. The van der Waals surface area contributed by atoms with Crippen molar-refractivity contribution in [2.45, 2.75) is 24.8 Å². The van der Waals surface area contributed by atoms with Crippen molar-refractivity contribution in [3.63, 3.8) is 0 Å². The van der Waals surface area contributed by atoms with E-state index in [9.17, 15) is 22.8 Å². The number of urea groups is 1. The maximum Gasteiger partial charge on any atom is 0.340 e. The Morgan fingerprint density at radius 2 is 1.83 bits per heavy atom. The van der Waals surface area contributed by atoms with E-state index < -0.39 is 34.0 Å². The zero-order valence-electron chi connectivity index (χ0n) is 16.2. The number of benzene rings is 1. The zero-order valence-corrected chi connectivity index (χ0v) is 18.6. The van der Waals surface area contributed by atoms with Gasteiger partial charge in [-0.1, -0.05) is 23.2 Å². The van der Waals surface area contributed by atoms with Gasteiger partial charge in [-0.15, -0.1) is 0 Å². The van der Waals surface area contributed by atoms with E-state index in [1.54, 1.807) is 6.92 Å². The standard InChI is InChI=1S/C17H21Cl2N3O7S/c1-3-20-17(25)21-15(23)10(2)29-16(24)11-8-14(13(19)9-12(11)18)30(26,27)22-4-6-28-7-5-22/h8-10H,3-7H2,1-2H3,(H2,20,21,23,25). The number of hydrogen-bond acceptors (Lipinski definition) is 7. The SMILES string of the molecule is CCNC(=O)NC(=O)C(C)OC(=O)c1cc(S(=O)(=O)N2CCOCC2)c(Cl)cc1Cl. The number of sulfonamides is 1. The molecule has 0 aromatic heterocycles. The van der Waals surface area contributed by atoms with Gasteiger partial charge in [-0.2, -0.15) is 4.31 Å². The van der Waals surface area contributed by atoms with Crippen LogP contribution in [0.2, 0.25) is 10.0 Å². The largest absolute Gasteiger partial charge is 0.449 e. The molecule has 1 heterocycles. The number of imide groups is 1. The Labute approximate surface area is 183 Å². The van der Waals surface area contributed by atoms with Gasteiger partial charge in [0.05, 0.1) is 28.8 Å². The van der Waals surface area contributed by atoms with E-state index in [1.807, 2.05) is 5.32 Å². The number of amides is 3. The quantitative estimate of drug-likeness (QED) is 0.586. The first kappa shape index (κ1) is 24.4. The van der Waals surface area contributed by atoms with Crippen LogP contribution in [0.25, 0.3) is 0 Å². The molecule has 13 heteroatoms. The summed E-state index contributed by atoms with van der Waals surface area (Å²) in [6.07, 6.45) is -1.34. The molecule has 0 aliphatic carbocycles. The second-order valence-corrected chi connectivity index (χ2v) is 8.90. The average molecular weight is 482 g/mol. The van der Waals surface area contributed by atoms with Crippen LogP contribution >= 0.6 is 23.2 Å². The second kappa shape index (κ2) is 10.4. The highest BCUT2D eigenvalue weighted by Gasteiger charge is 2.31. The van der Waals surface area contributed by atoms with E-state index in [-0.39, 0.29) is 46.8 Å². The summed E-state index contributed by atoms with van der Waals surface area (Å²) in [5.74, 6) is -1.91. The molecule has 1 aromatic carbocycles. The van der Waals surface area contributed by atoms with Gasteiger partial charge in [0.15, 0.2) is 6.10 Å². The predicted octanol–water partition coefficient (Wildman–Crippen LogP) is 1.41. The number of morpholine rings is 1. The number of halogens is 2. The number of ether oxygens (including phenoxy) is 2. The van der Waals surface area contributed by atoms with Gasteiger partial charge in [0.25, 0.3) is 5.91 Å². The molecule has 1 aliphatic heterocycles. The van der Waals surface area contributed by atoms with Crippen molar-refractivity contribution in [1.29, 1.82) is 0 Å². The number of rotatable bonds is 6. The van der Waals surface area contributed by atoms with Crippen molar-refractivity contribution in [3.8, 4) is 0 Å². The molecule has 0 saturated carbocycles. The van der Waals surface area contributed by atoms with Crippen LogP contribution in [0.1, 0.15) is 24.2 Å². The van der Waals surface area contributed by atoms with Crippen LogP contribution in [0, 0.1) is 0 Å². The molecule has 1 aliphatic rings. The highest BCUT2D eigenvalue weighted by atomic mass is 35.5. The number of esters is 1. The van der Waals surface area contributed by atoms with Crippen LogP contribution in [0.3, 0.4) is 0 Å². The molecular weight excluding hydrogens is 461 g/mol. The Bertz CT molecular complexity index is 934. The smallest absolute Gasteiger partial charge is 0.340 e. The van der Waals surface area contributed by atoms with Gasteiger partial charge in [0.1, 0.15) is 4.90 Å². The fourth-order valence-electron chi connectivity index (χ4n) is 2.51. The van der Waals surface area contributed by atoms with Gasteiger partial charge in [-0.3, -0.25) is 10.1 Å². The monoisotopic (exact) mass is 481 g/mol. The fourth-order valence-corrected chi connectivity index (χ4v) is 4.74. The van der Waals surface area contributed by atoms with Crippen molar-refractivity contribution >= 4 is 51.1 Å². The van der Waals surface area contributed by atoms with Crippen molar-refractivity contribution in [1.82, 2.24) is 14.9 Å². The number of nitrogens with zero attached hydrogens (tertiary/aromatic N) is 1. The Balaban J connectivity index is 2.23. The Kier molecular flexibility index (Phi) is 8.44. The molecule has 2 rings (SSSR count). The summed E-state index contributed by atoms with van der Waals surface area (Å²) in [6, 6.07) is 1.38. The van der Waals surface area contributed by atoms with Crippen molar-refractivity contribution in [2.75, 3.05) is 32.8 Å². The normalized spacial score (nSPS) is 15.9. The lowest BCUT2D eigenvalue weighted by Gasteiger charge is -2.26. The first-order chi connectivity index (χ1) is 14.1. The summed E-state index contributed by atoms with van der Waals surface area (Å²) >= 11 is 12.1. The maximum absolute atomic E-state index is 12.9. The highest BCUT2D eigenvalue weighted by Crippen LogP contribution is 2.31. The predicted molar refractivity (Wildman–Crippen MR) is 108 cm³/mol. The van der Waals surface area contributed by atoms with E-state index in [1.165, 1.54) is 11.2 Å². The molecule has 0 bridgehead atoms. The minimum atomic E-state index is -4.01. The van der Waals surface area contributed by atoms with Gasteiger partial charge in [-0.25, -0.2) is 18.0 Å². The summed E-state index contributed by atoms with van der Waals surface area (Å²) in [7, 11) is -4.01. The number of hydrogen-bond donors (Lipinski definition) is 2. The zero-order chi connectivity index (χ0) is 22.5. The summed E-state index contributed by atoms with van der Waals surface area (Å²) in [5, 5.41) is 4.05. The molecule has 0 radical (unpaired) electrons.